The molecule has 1 N–H and O–H groups in total. The van der Waals surface area contributed by atoms with Crippen LogP contribution < -0.4 is 9.79 Å². The van der Waals surface area contributed by atoms with Crippen LogP contribution in [0.1, 0.15) is 15.9 Å². The van der Waals surface area contributed by atoms with Crippen molar-refractivity contribution in [2.45, 2.75) is 6.92 Å². The fraction of sp³-hybridized carbons (Fsp3) is 0.160. The summed E-state index contributed by atoms with van der Waals surface area (Å²) >= 11 is 0. The molecule has 0 radical (unpaired) electrons. The van der Waals surface area contributed by atoms with Crippen LogP contribution in [0, 0.1) is 12.7 Å². The third-order valence-electron chi connectivity index (χ3n) is 5.51. The average Bonchev–Trinajstić information content (AvgIpc) is 3.16. The van der Waals surface area contributed by atoms with Crippen molar-refractivity contribution < 1.29 is 26.9 Å². The van der Waals surface area contributed by atoms with E-state index >= 15 is 0 Å². The highest BCUT2D eigenvalue weighted by Crippen LogP contribution is 2.41. The Hall–Kier alpha value is -3.69. The van der Waals surface area contributed by atoms with Crippen LogP contribution in [-0.2, 0) is 14.9 Å². The number of nitrogens with one attached hydrogen (secondary N) is 1. The maximum atomic E-state index is 14.1. The number of hydrogen-bond donors (Lipinski definition) is 1. The van der Waals surface area contributed by atoms with Crippen molar-refractivity contribution in [3.8, 4) is 22.5 Å². The largest absolute Gasteiger partial charge is 0.455 e. The topological polar surface area (TPSA) is 88.8 Å². The fourth-order valence-corrected chi connectivity index (χ4v) is 4.24. The Balaban J connectivity index is 2.08. The second-order valence-electron chi connectivity index (χ2n) is 7.91. The van der Waals surface area contributed by atoms with Crippen LogP contribution in [0.4, 0.5) is 10.1 Å². The van der Waals surface area contributed by atoms with Gasteiger partial charge in [-0.05, 0) is 30.7 Å². The van der Waals surface area contributed by atoms with E-state index in [-0.39, 0.29) is 11.3 Å². The number of anilines is 1. The Morgan fingerprint density at radius 1 is 1.06 bits per heavy atom. The molecule has 0 saturated heterocycles. The van der Waals surface area contributed by atoms with Crippen molar-refractivity contribution in [1.82, 2.24) is 5.48 Å². The van der Waals surface area contributed by atoms with Gasteiger partial charge in [-0.3, -0.25) is 13.9 Å². The van der Waals surface area contributed by atoms with E-state index in [9.17, 15) is 17.6 Å². The van der Waals surface area contributed by atoms with E-state index in [0.717, 1.165) is 16.1 Å². The summed E-state index contributed by atoms with van der Waals surface area (Å²) in [6.45, 7) is 1.94. The fourth-order valence-electron chi connectivity index (χ4n) is 3.74. The number of furan rings is 1. The average molecular weight is 483 g/mol. The van der Waals surface area contributed by atoms with Crippen LogP contribution in [-0.4, -0.2) is 34.7 Å². The lowest BCUT2D eigenvalue weighted by Crippen LogP contribution is -2.25. The molecule has 0 aliphatic carbocycles. The standard InChI is InChI=1S/C25H23FN2O5S/c1-15-8-10-16(11-9-15)24-23(25(29)27-32-3)20-13-19(17-6-5-7-18(26)12-17)21(14-22(20)33-24)28(2)34(4,30)31/h5-14H,1-4H3,(H,27,29). The quantitative estimate of drug-likeness (QED) is 0.395. The van der Waals surface area contributed by atoms with Crippen LogP contribution in [0.25, 0.3) is 33.4 Å². The van der Waals surface area contributed by atoms with Gasteiger partial charge in [0, 0.05) is 29.6 Å². The van der Waals surface area contributed by atoms with Crippen LogP contribution >= 0.6 is 0 Å². The number of sulfonamides is 1. The van der Waals surface area contributed by atoms with E-state index in [1.807, 2.05) is 31.2 Å². The van der Waals surface area contributed by atoms with Crippen molar-refractivity contribution in [3.05, 3.63) is 77.6 Å². The smallest absolute Gasteiger partial charge is 0.279 e. The lowest BCUT2D eigenvalue weighted by atomic mass is 9.98. The first kappa shape index (κ1) is 23.5. The number of aryl methyl sites for hydroxylation is 1. The zero-order chi connectivity index (χ0) is 24.6. The molecule has 7 nitrogen and oxygen atoms in total. The number of rotatable bonds is 6. The monoisotopic (exact) mass is 482 g/mol. The Labute approximate surface area is 196 Å². The molecule has 4 aromatic rings. The van der Waals surface area contributed by atoms with Crippen molar-refractivity contribution in [3.63, 3.8) is 0 Å². The van der Waals surface area contributed by atoms with Gasteiger partial charge in [0.05, 0.1) is 24.6 Å². The van der Waals surface area contributed by atoms with Crippen LogP contribution in [0.2, 0.25) is 0 Å². The number of benzene rings is 3. The minimum absolute atomic E-state index is 0.215. The highest BCUT2D eigenvalue weighted by Gasteiger charge is 2.26. The summed E-state index contributed by atoms with van der Waals surface area (Å²) in [4.78, 5) is 17.8. The number of carbonyl (C=O) groups is 1. The number of carbonyl (C=O) groups excluding carboxylic acids is 1. The summed E-state index contributed by atoms with van der Waals surface area (Å²) in [6, 6.07) is 16.4. The van der Waals surface area contributed by atoms with Gasteiger partial charge >= 0.3 is 0 Å². The highest BCUT2D eigenvalue weighted by molar-refractivity contribution is 7.92. The van der Waals surface area contributed by atoms with Gasteiger partial charge < -0.3 is 4.42 Å². The molecule has 1 heterocycles. The maximum Gasteiger partial charge on any atom is 0.279 e. The summed E-state index contributed by atoms with van der Waals surface area (Å²) in [5.74, 6) is -0.712. The van der Waals surface area contributed by atoms with Gasteiger partial charge in [-0.1, -0.05) is 42.0 Å². The number of fused-ring (bicyclic) bond motifs is 1. The highest BCUT2D eigenvalue weighted by atomic mass is 32.2. The summed E-state index contributed by atoms with van der Waals surface area (Å²) in [5.41, 5.74) is 5.68. The predicted octanol–water partition coefficient (Wildman–Crippen LogP) is 4.90. The van der Waals surface area contributed by atoms with E-state index in [1.165, 1.54) is 38.4 Å². The Morgan fingerprint density at radius 2 is 1.76 bits per heavy atom. The second kappa shape index (κ2) is 8.92. The third kappa shape index (κ3) is 4.40. The van der Waals surface area contributed by atoms with Gasteiger partial charge in [-0.25, -0.2) is 18.3 Å². The minimum Gasteiger partial charge on any atom is -0.455 e. The first-order chi connectivity index (χ1) is 16.1. The van der Waals surface area contributed by atoms with Crippen molar-refractivity contribution >= 4 is 32.6 Å². The van der Waals surface area contributed by atoms with Crippen LogP contribution in [0.15, 0.2) is 65.1 Å². The first-order valence-corrected chi connectivity index (χ1v) is 12.2. The molecule has 34 heavy (non-hydrogen) atoms. The normalized spacial score (nSPS) is 11.6. The molecule has 0 saturated carbocycles. The summed E-state index contributed by atoms with van der Waals surface area (Å²) < 4.78 is 46.0. The molecular weight excluding hydrogens is 459 g/mol. The van der Waals surface area contributed by atoms with Gasteiger partial charge in [0.2, 0.25) is 10.0 Å². The van der Waals surface area contributed by atoms with Gasteiger partial charge in [0.15, 0.2) is 0 Å². The van der Waals surface area contributed by atoms with E-state index in [4.69, 9.17) is 9.25 Å². The summed E-state index contributed by atoms with van der Waals surface area (Å²) in [5, 5.41) is 0.426. The molecule has 0 aliphatic rings. The summed E-state index contributed by atoms with van der Waals surface area (Å²) in [7, 11) is -0.925. The number of nitrogens with zero attached hydrogens (tertiary/aromatic N) is 1. The van der Waals surface area contributed by atoms with Gasteiger partial charge in [0.1, 0.15) is 17.2 Å². The molecule has 0 fully saturated rings. The Morgan fingerprint density at radius 3 is 2.38 bits per heavy atom. The lowest BCUT2D eigenvalue weighted by Gasteiger charge is -2.20. The van der Waals surface area contributed by atoms with Gasteiger partial charge in [-0.15, -0.1) is 0 Å². The Kier molecular flexibility index (Phi) is 6.16. The molecule has 1 aromatic heterocycles. The van der Waals surface area contributed by atoms with Crippen molar-refractivity contribution in [2.24, 2.45) is 0 Å². The Bertz CT molecular complexity index is 1490. The molecule has 0 atom stereocenters. The van der Waals surface area contributed by atoms with Crippen molar-refractivity contribution in [2.75, 3.05) is 24.7 Å². The zero-order valence-corrected chi connectivity index (χ0v) is 19.9. The summed E-state index contributed by atoms with van der Waals surface area (Å²) in [6.07, 6.45) is 1.07. The number of amides is 1. The van der Waals surface area contributed by atoms with E-state index in [2.05, 4.69) is 5.48 Å². The number of hydrogen-bond acceptors (Lipinski definition) is 5. The molecule has 4 rings (SSSR count). The predicted molar refractivity (Wildman–Crippen MR) is 130 cm³/mol. The third-order valence-corrected chi connectivity index (χ3v) is 6.71. The lowest BCUT2D eigenvalue weighted by molar-refractivity contribution is 0.0539. The van der Waals surface area contributed by atoms with Crippen LogP contribution in [0.5, 0.6) is 0 Å². The minimum atomic E-state index is -3.65. The van der Waals surface area contributed by atoms with E-state index < -0.39 is 21.7 Å². The number of hydroxylamine groups is 1. The van der Waals surface area contributed by atoms with E-state index in [1.54, 1.807) is 12.1 Å². The maximum absolute atomic E-state index is 14.1. The van der Waals surface area contributed by atoms with E-state index in [0.29, 0.717) is 33.4 Å². The second-order valence-corrected chi connectivity index (χ2v) is 9.93. The molecule has 9 heteroatoms. The first-order valence-electron chi connectivity index (χ1n) is 10.3. The molecule has 1 amide bonds. The van der Waals surface area contributed by atoms with Gasteiger partial charge in [0.25, 0.3) is 5.91 Å². The zero-order valence-electron chi connectivity index (χ0n) is 19.0. The number of halogens is 1. The molecule has 3 aromatic carbocycles. The SMILES string of the molecule is CONC(=O)c1c(-c2ccc(C)cc2)oc2cc(N(C)S(C)(=O)=O)c(-c3cccc(F)c3)cc12. The molecule has 176 valence electrons. The van der Waals surface area contributed by atoms with Gasteiger partial charge in [-0.2, -0.15) is 0 Å². The molecule has 0 aliphatic heterocycles. The molecule has 0 spiro atoms. The molecule has 0 unspecified atom stereocenters. The molecule has 0 bridgehead atoms. The van der Waals surface area contributed by atoms with Crippen molar-refractivity contribution in [1.29, 1.82) is 0 Å². The molecular formula is C25H23FN2O5S. The van der Waals surface area contributed by atoms with Crippen LogP contribution in [0.3, 0.4) is 0 Å².